The molecule has 1 amide bonds. The van der Waals surface area contributed by atoms with Crippen molar-refractivity contribution in [1.29, 1.82) is 0 Å². The third-order valence-corrected chi connectivity index (χ3v) is 4.10. The molecule has 0 aliphatic heterocycles. The number of nitrogens with zero attached hydrogens (tertiary/aromatic N) is 3. The lowest BCUT2D eigenvalue weighted by molar-refractivity contribution is 0.0683. The van der Waals surface area contributed by atoms with Crippen molar-refractivity contribution in [3.8, 4) is 0 Å². The van der Waals surface area contributed by atoms with E-state index in [1.807, 2.05) is 44.2 Å². The maximum Gasteiger partial charge on any atom is 0.274 e. The first-order valence-electron chi connectivity index (χ1n) is 8.75. The molecule has 0 unspecified atom stereocenters. The number of carbonyl (C=O) groups excluding carboxylic acids is 1. The van der Waals surface area contributed by atoms with Crippen LogP contribution in [-0.2, 0) is 6.54 Å². The second-order valence-electron chi connectivity index (χ2n) is 6.42. The Morgan fingerprint density at radius 3 is 2.33 bits per heavy atom. The number of hydrogen-bond acceptors (Lipinski definition) is 4. The molecule has 3 aromatic rings. The van der Waals surface area contributed by atoms with Crippen LogP contribution in [0.2, 0.25) is 0 Å². The van der Waals surface area contributed by atoms with Crippen LogP contribution in [0.3, 0.4) is 0 Å². The predicted octanol–water partition coefficient (Wildman–Crippen LogP) is 4.41. The minimum absolute atomic E-state index is 0.00993. The Labute approximate surface area is 157 Å². The van der Waals surface area contributed by atoms with Gasteiger partial charge >= 0.3 is 0 Å². The van der Waals surface area contributed by atoms with Crippen LogP contribution in [0.4, 0.5) is 15.9 Å². The minimum Gasteiger partial charge on any atom is -0.336 e. The Balaban J connectivity index is 1.74. The Kier molecular flexibility index (Phi) is 5.76. The van der Waals surface area contributed by atoms with Crippen LogP contribution in [0.5, 0.6) is 0 Å². The van der Waals surface area contributed by atoms with E-state index in [-0.39, 0.29) is 23.5 Å². The number of carbonyl (C=O) groups is 1. The highest BCUT2D eigenvalue weighted by molar-refractivity contribution is 5.92. The first kappa shape index (κ1) is 18.5. The van der Waals surface area contributed by atoms with Crippen LogP contribution >= 0.6 is 0 Å². The number of anilines is 2. The summed E-state index contributed by atoms with van der Waals surface area (Å²) in [4.78, 5) is 14.6. The van der Waals surface area contributed by atoms with Gasteiger partial charge in [-0.15, -0.1) is 10.2 Å². The van der Waals surface area contributed by atoms with Crippen LogP contribution in [-0.4, -0.2) is 27.0 Å². The molecule has 2 aromatic carbocycles. The molecule has 0 aliphatic rings. The molecule has 1 aromatic heterocycles. The van der Waals surface area contributed by atoms with Crippen molar-refractivity contribution < 1.29 is 9.18 Å². The Hall–Kier alpha value is -3.28. The Bertz CT molecular complexity index is 898. The molecule has 1 heterocycles. The lowest BCUT2D eigenvalue weighted by atomic mass is 10.1. The van der Waals surface area contributed by atoms with Gasteiger partial charge in [0.15, 0.2) is 11.5 Å². The first-order valence-corrected chi connectivity index (χ1v) is 8.75. The van der Waals surface area contributed by atoms with Crippen molar-refractivity contribution in [2.24, 2.45) is 0 Å². The number of nitrogens with one attached hydrogen (secondary N) is 1. The molecule has 0 atom stereocenters. The summed E-state index contributed by atoms with van der Waals surface area (Å²) in [5.74, 6) is -0.206. The van der Waals surface area contributed by atoms with Crippen molar-refractivity contribution in [2.75, 3.05) is 5.32 Å². The monoisotopic (exact) mass is 364 g/mol. The van der Waals surface area contributed by atoms with Gasteiger partial charge in [0, 0.05) is 12.6 Å². The van der Waals surface area contributed by atoms with E-state index in [2.05, 4.69) is 15.5 Å². The molecule has 27 heavy (non-hydrogen) atoms. The molecular weight excluding hydrogens is 343 g/mol. The molecule has 138 valence electrons. The highest BCUT2D eigenvalue weighted by atomic mass is 19.1. The molecule has 0 fully saturated rings. The van der Waals surface area contributed by atoms with Gasteiger partial charge in [-0.05, 0) is 43.7 Å². The topological polar surface area (TPSA) is 58.1 Å². The number of hydrogen-bond donors (Lipinski definition) is 1. The van der Waals surface area contributed by atoms with E-state index in [0.717, 1.165) is 5.56 Å². The fourth-order valence-corrected chi connectivity index (χ4v) is 2.63. The third-order valence-electron chi connectivity index (χ3n) is 4.10. The van der Waals surface area contributed by atoms with Gasteiger partial charge in [-0.1, -0.05) is 42.5 Å². The van der Waals surface area contributed by atoms with E-state index in [0.29, 0.717) is 18.1 Å². The van der Waals surface area contributed by atoms with Gasteiger partial charge in [0.05, 0.1) is 5.69 Å². The fourth-order valence-electron chi connectivity index (χ4n) is 2.63. The lowest BCUT2D eigenvalue weighted by Crippen LogP contribution is -2.37. The molecule has 6 heteroatoms. The van der Waals surface area contributed by atoms with E-state index < -0.39 is 0 Å². The van der Waals surface area contributed by atoms with Crippen LogP contribution in [0.25, 0.3) is 0 Å². The molecule has 0 saturated heterocycles. The molecule has 1 N–H and O–H groups in total. The average Bonchev–Trinajstić information content (AvgIpc) is 2.68. The number of rotatable bonds is 6. The average molecular weight is 364 g/mol. The molecule has 0 spiro atoms. The molecule has 5 nitrogen and oxygen atoms in total. The van der Waals surface area contributed by atoms with Crippen molar-refractivity contribution >= 4 is 17.4 Å². The zero-order valence-electron chi connectivity index (χ0n) is 15.3. The normalized spacial score (nSPS) is 10.7. The van der Waals surface area contributed by atoms with Crippen LogP contribution < -0.4 is 5.32 Å². The largest absolute Gasteiger partial charge is 0.336 e. The van der Waals surface area contributed by atoms with E-state index in [1.54, 1.807) is 35.2 Å². The molecule has 0 bridgehead atoms. The van der Waals surface area contributed by atoms with E-state index in [4.69, 9.17) is 0 Å². The Morgan fingerprint density at radius 2 is 1.70 bits per heavy atom. The van der Waals surface area contributed by atoms with Crippen LogP contribution in [0.1, 0.15) is 29.9 Å². The number of aromatic nitrogens is 2. The fraction of sp³-hybridized carbons (Fsp3) is 0.190. The summed E-state index contributed by atoms with van der Waals surface area (Å²) in [6.45, 7) is 4.42. The molecule has 0 saturated carbocycles. The predicted molar refractivity (Wildman–Crippen MR) is 103 cm³/mol. The zero-order valence-corrected chi connectivity index (χ0v) is 15.3. The van der Waals surface area contributed by atoms with Crippen LogP contribution in [0.15, 0.2) is 66.7 Å². The molecule has 0 radical (unpaired) electrons. The highest BCUT2D eigenvalue weighted by Gasteiger charge is 2.20. The zero-order chi connectivity index (χ0) is 19.2. The second-order valence-corrected chi connectivity index (χ2v) is 6.42. The quantitative estimate of drug-likeness (QED) is 0.704. The standard InChI is InChI=1S/C21H21FN4O/c1-15(2)26(14-16-8-4-3-5-9-16)21(27)19-12-13-20(25-24-19)23-18-11-7-6-10-17(18)22/h3-13,15H,14H2,1-2H3,(H,23,25). The maximum atomic E-state index is 13.7. The van der Waals surface area contributed by atoms with E-state index in [9.17, 15) is 9.18 Å². The summed E-state index contributed by atoms with van der Waals surface area (Å²) in [6.07, 6.45) is 0. The third kappa shape index (κ3) is 4.67. The van der Waals surface area contributed by atoms with Crippen molar-refractivity contribution in [3.05, 3.63) is 83.8 Å². The highest BCUT2D eigenvalue weighted by Crippen LogP contribution is 2.18. The van der Waals surface area contributed by atoms with E-state index in [1.165, 1.54) is 6.07 Å². The number of para-hydroxylation sites is 1. The summed E-state index contributed by atoms with van der Waals surface area (Å²) in [5.41, 5.74) is 1.60. The van der Waals surface area contributed by atoms with Gasteiger partial charge in [0.2, 0.25) is 0 Å². The molecular formula is C21H21FN4O. The summed E-state index contributed by atoms with van der Waals surface area (Å²) < 4.78 is 13.7. The number of benzene rings is 2. The van der Waals surface area contributed by atoms with Gasteiger partial charge in [0.25, 0.3) is 5.91 Å². The summed E-state index contributed by atoms with van der Waals surface area (Å²) in [6, 6.07) is 19.3. The summed E-state index contributed by atoms with van der Waals surface area (Å²) >= 11 is 0. The van der Waals surface area contributed by atoms with Gasteiger partial charge in [0.1, 0.15) is 5.82 Å². The number of halogens is 1. The summed E-state index contributed by atoms with van der Waals surface area (Å²) in [7, 11) is 0. The van der Waals surface area contributed by atoms with Crippen LogP contribution in [0, 0.1) is 5.82 Å². The minimum atomic E-state index is -0.381. The molecule has 3 rings (SSSR count). The molecule has 0 aliphatic carbocycles. The Morgan fingerprint density at radius 1 is 1.00 bits per heavy atom. The smallest absolute Gasteiger partial charge is 0.274 e. The lowest BCUT2D eigenvalue weighted by Gasteiger charge is -2.26. The van der Waals surface area contributed by atoms with E-state index >= 15 is 0 Å². The SMILES string of the molecule is CC(C)N(Cc1ccccc1)C(=O)c1ccc(Nc2ccccc2F)nn1. The first-order chi connectivity index (χ1) is 13.0. The van der Waals surface area contributed by atoms with Gasteiger partial charge in [-0.2, -0.15) is 0 Å². The van der Waals surface area contributed by atoms with Crippen molar-refractivity contribution in [1.82, 2.24) is 15.1 Å². The van der Waals surface area contributed by atoms with Crippen molar-refractivity contribution in [2.45, 2.75) is 26.4 Å². The van der Waals surface area contributed by atoms with Gasteiger partial charge in [-0.25, -0.2) is 4.39 Å². The summed E-state index contributed by atoms with van der Waals surface area (Å²) in [5, 5.41) is 10.9. The number of amides is 1. The van der Waals surface area contributed by atoms with Gasteiger partial charge < -0.3 is 10.2 Å². The maximum absolute atomic E-state index is 13.7. The second kappa shape index (κ2) is 8.40. The van der Waals surface area contributed by atoms with Crippen molar-refractivity contribution in [3.63, 3.8) is 0 Å². The van der Waals surface area contributed by atoms with Gasteiger partial charge in [-0.3, -0.25) is 4.79 Å².